The smallest absolute Gasteiger partial charge is 0.224 e. The zero-order valence-electron chi connectivity index (χ0n) is 12.3. The molecule has 0 saturated carbocycles. The molecule has 120 valence electrons. The second kappa shape index (κ2) is 7.11. The summed E-state index contributed by atoms with van der Waals surface area (Å²) < 4.78 is 10.9. The average molecular weight is 352 g/mol. The van der Waals surface area contributed by atoms with Gasteiger partial charge in [-0.05, 0) is 36.2 Å². The highest BCUT2D eigenvalue weighted by Crippen LogP contribution is 2.32. The lowest BCUT2D eigenvalue weighted by molar-refractivity contribution is -0.116. The Balaban J connectivity index is 1.57. The number of halogens is 2. The maximum atomic E-state index is 12.1. The molecule has 3 rings (SSSR count). The van der Waals surface area contributed by atoms with Crippen molar-refractivity contribution < 1.29 is 14.3 Å². The summed E-state index contributed by atoms with van der Waals surface area (Å²) in [7, 11) is 0. The van der Waals surface area contributed by atoms with Gasteiger partial charge >= 0.3 is 0 Å². The maximum absolute atomic E-state index is 12.1. The fourth-order valence-corrected chi connectivity index (χ4v) is 2.62. The number of rotatable bonds is 4. The largest absolute Gasteiger partial charge is 0.486 e. The first-order valence-corrected chi connectivity index (χ1v) is 8.01. The Labute approximate surface area is 144 Å². The van der Waals surface area contributed by atoms with E-state index in [1.807, 2.05) is 6.07 Å². The number of hydrogen-bond donors (Lipinski definition) is 1. The molecule has 0 aliphatic carbocycles. The van der Waals surface area contributed by atoms with E-state index in [4.69, 9.17) is 32.7 Å². The monoisotopic (exact) mass is 351 g/mol. The average Bonchev–Trinajstić information content (AvgIpc) is 2.56. The highest BCUT2D eigenvalue weighted by molar-refractivity contribution is 6.42. The number of ether oxygens (including phenoxy) is 2. The maximum Gasteiger partial charge on any atom is 0.224 e. The molecule has 0 spiro atoms. The van der Waals surface area contributed by atoms with Crippen LogP contribution >= 0.6 is 23.2 Å². The molecule has 0 unspecified atom stereocenters. The first-order chi connectivity index (χ1) is 11.1. The van der Waals surface area contributed by atoms with Gasteiger partial charge in [-0.25, -0.2) is 0 Å². The molecule has 0 bridgehead atoms. The van der Waals surface area contributed by atoms with Gasteiger partial charge in [0, 0.05) is 18.2 Å². The van der Waals surface area contributed by atoms with Gasteiger partial charge in [-0.15, -0.1) is 0 Å². The van der Waals surface area contributed by atoms with Gasteiger partial charge in [0.15, 0.2) is 11.5 Å². The fraction of sp³-hybridized carbons (Fsp3) is 0.235. The van der Waals surface area contributed by atoms with E-state index in [0.29, 0.717) is 53.3 Å². The summed E-state index contributed by atoms with van der Waals surface area (Å²) >= 11 is 11.8. The molecule has 4 nitrogen and oxygen atoms in total. The summed E-state index contributed by atoms with van der Waals surface area (Å²) in [4.78, 5) is 12.1. The third kappa shape index (κ3) is 4.09. The molecule has 1 aliphatic heterocycles. The molecule has 1 aliphatic rings. The number of anilines is 1. The highest BCUT2D eigenvalue weighted by atomic mass is 35.5. The van der Waals surface area contributed by atoms with E-state index in [0.717, 1.165) is 5.56 Å². The first kappa shape index (κ1) is 16.0. The van der Waals surface area contributed by atoms with Crippen LogP contribution in [-0.2, 0) is 11.2 Å². The molecular formula is C17H15Cl2NO3. The van der Waals surface area contributed by atoms with E-state index in [9.17, 15) is 4.79 Å². The Morgan fingerprint density at radius 3 is 2.57 bits per heavy atom. The fourth-order valence-electron chi connectivity index (χ4n) is 2.30. The third-order valence-electron chi connectivity index (χ3n) is 3.45. The van der Waals surface area contributed by atoms with Crippen molar-refractivity contribution in [2.24, 2.45) is 0 Å². The van der Waals surface area contributed by atoms with Crippen LogP contribution in [0, 0.1) is 0 Å². The van der Waals surface area contributed by atoms with Crippen molar-refractivity contribution in [3.8, 4) is 11.5 Å². The normalized spacial score (nSPS) is 12.8. The van der Waals surface area contributed by atoms with E-state index in [1.165, 1.54) is 0 Å². The number of aryl methyl sites for hydroxylation is 1. The van der Waals surface area contributed by atoms with Crippen LogP contribution in [0.15, 0.2) is 36.4 Å². The Morgan fingerprint density at radius 2 is 1.78 bits per heavy atom. The lowest BCUT2D eigenvalue weighted by Gasteiger charge is -2.19. The predicted molar refractivity (Wildman–Crippen MR) is 90.8 cm³/mol. The highest BCUT2D eigenvalue weighted by Gasteiger charge is 2.13. The molecule has 1 heterocycles. The Morgan fingerprint density at radius 1 is 1.00 bits per heavy atom. The van der Waals surface area contributed by atoms with E-state index in [2.05, 4.69) is 5.32 Å². The SMILES string of the molecule is O=C(CCc1ccc(Cl)c(Cl)c1)Nc1ccc2c(c1)OCCO2. The molecule has 23 heavy (non-hydrogen) atoms. The Hall–Kier alpha value is -1.91. The van der Waals surface area contributed by atoms with Gasteiger partial charge < -0.3 is 14.8 Å². The zero-order chi connectivity index (χ0) is 16.2. The zero-order valence-corrected chi connectivity index (χ0v) is 13.8. The van der Waals surface area contributed by atoms with Crippen LogP contribution in [0.25, 0.3) is 0 Å². The Kier molecular flexibility index (Phi) is 4.94. The van der Waals surface area contributed by atoms with Crippen LogP contribution in [0.5, 0.6) is 11.5 Å². The number of hydrogen-bond acceptors (Lipinski definition) is 3. The second-order valence-corrected chi connectivity index (χ2v) is 5.97. The van der Waals surface area contributed by atoms with Crippen molar-refractivity contribution in [2.45, 2.75) is 12.8 Å². The van der Waals surface area contributed by atoms with Crippen molar-refractivity contribution in [1.82, 2.24) is 0 Å². The minimum atomic E-state index is -0.0762. The number of fused-ring (bicyclic) bond motifs is 1. The molecule has 0 aromatic heterocycles. The van der Waals surface area contributed by atoms with Crippen LogP contribution in [0.2, 0.25) is 10.0 Å². The predicted octanol–water partition coefficient (Wildman–Crippen LogP) is 4.34. The summed E-state index contributed by atoms with van der Waals surface area (Å²) in [6.07, 6.45) is 0.944. The third-order valence-corrected chi connectivity index (χ3v) is 4.19. The minimum Gasteiger partial charge on any atom is -0.486 e. The van der Waals surface area contributed by atoms with Gasteiger partial charge in [0.2, 0.25) is 5.91 Å². The number of amides is 1. The first-order valence-electron chi connectivity index (χ1n) is 7.25. The number of nitrogens with one attached hydrogen (secondary N) is 1. The van der Waals surface area contributed by atoms with Gasteiger partial charge in [-0.1, -0.05) is 29.3 Å². The number of carbonyl (C=O) groups excluding carboxylic acids is 1. The molecule has 1 N–H and O–H groups in total. The molecule has 6 heteroatoms. The quantitative estimate of drug-likeness (QED) is 0.891. The molecular weight excluding hydrogens is 337 g/mol. The van der Waals surface area contributed by atoms with Crippen molar-refractivity contribution in [1.29, 1.82) is 0 Å². The van der Waals surface area contributed by atoms with Crippen molar-refractivity contribution in [2.75, 3.05) is 18.5 Å². The summed E-state index contributed by atoms with van der Waals surface area (Å²) in [5, 5.41) is 3.86. The molecule has 2 aromatic rings. The van der Waals surface area contributed by atoms with E-state index < -0.39 is 0 Å². The van der Waals surface area contributed by atoms with E-state index >= 15 is 0 Å². The van der Waals surface area contributed by atoms with Gasteiger partial charge in [0.25, 0.3) is 0 Å². The lowest BCUT2D eigenvalue weighted by Crippen LogP contribution is -2.16. The summed E-state index contributed by atoms with van der Waals surface area (Å²) in [6.45, 7) is 1.06. The second-order valence-electron chi connectivity index (χ2n) is 5.16. The minimum absolute atomic E-state index is 0.0762. The van der Waals surface area contributed by atoms with Gasteiger partial charge in [0.05, 0.1) is 10.0 Å². The summed E-state index contributed by atoms with van der Waals surface area (Å²) in [6, 6.07) is 10.7. The van der Waals surface area contributed by atoms with Crippen LogP contribution in [0.3, 0.4) is 0 Å². The van der Waals surface area contributed by atoms with E-state index in [-0.39, 0.29) is 5.91 Å². The molecule has 2 aromatic carbocycles. The van der Waals surface area contributed by atoms with Crippen LogP contribution in [-0.4, -0.2) is 19.1 Å². The van der Waals surface area contributed by atoms with Crippen molar-refractivity contribution in [3.05, 3.63) is 52.0 Å². The van der Waals surface area contributed by atoms with Crippen LogP contribution in [0.4, 0.5) is 5.69 Å². The summed E-state index contributed by atoms with van der Waals surface area (Å²) in [5.41, 5.74) is 1.66. The molecule has 1 amide bonds. The molecule has 0 radical (unpaired) electrons. The van der Waals surface area contributed by atoms with E-state index in [1.54, 1.807) is 30.3 Å². The standard InChI is InChI=1S/C17H15Cl2NO3/c18-13-4-1-11(9-14(13)19)2-6-17(21)20-12-3-5-15-16(10-12)23-8-7-22-15/h1,3-5,9-10H,2,6-8H2,(H,20,21). The molecule has 0 fully saturated rings. The van der Waals surface area contributed by atoms with Gasteiger partial charge in [-0.3, -0.25) is 4.79 Å². The number of benzene rings is 2. The Bertz CT molecular complexity index is 734. The van der Waals surface area contributed by atoms with Gasteiger partial charge in [-0.2, -0.15) is 0 Å². The molecule has 0 atom stereocenters. The summed E-state index contributed by atoms with van der Waals surface area (Å²) in [5.74, 6) is 1.27. The van der Waals surface area contributed by atoms with Crippen LogP contribution in [0.1, 0.15) is 12.0 Å². The van der Waals surface area contributed by atoms with Crippen molar-refractivity contribution in [3.63, 3.8) is 0 Å². The number of carbonyl (C=O) groups is 1. The van der Waals surface area contributed by atoms with Gasteiger partial charge in [0.1, 0.15) is 13.2 Å². The molecule has 0 saturated heterocycles. The van der Waals surface area contributed by atoms with Crippen LogP contribution < -0.4 is 14.8 Å². The lowest BCUT2D eigenvalue weighted by atomic mass is 10.1. The van der Waals surface area contributed by atoms with Crippen molar-refractivity contribution >= 4 is 34.8 Å². The topological polar surface area (TPSA) is 47.6 Å².